The fourth-order valence-electron chi connectivity index (χ4n) is 2.59. The van der Waals surface area contributed by atoms with Crippen molar-refractivity contribution < 1.29 is 39.0 Å². The zero-order chi connectivity index (χ0) is 27.1. The molecule has 35 heavy (non-hydrogen) atoms. The second-order valence-corrected chi connectivity index (χ2v) is 7.73. The van der Waals surface area contributed by atoms with Crippen LogP contribution in [-0.2, 0) is 28.8 Å². The van der Waals surface area contributed by atoms with Gasteiger partial charge in [-0.15, -0.1) is 0 Å². The Balaban J connectivity index is 5.38. The number of aliphatic carboxylic acids is 2. The van der Waals surface area contributed by atoms with Crippen molar-refractivity contribution in [1.82, 2.24) is 16.0 Å². The first-order valence-electron chi connectivity index (χ1n) is 10.3. The lowest BCUT2D eigenvalue weighted by molar-refractivity contribution is -0.147. The van der Waals surface area contributed by atoms with E-state index in [1.165, 1.54) is 0 Å². The Labute approximate surface area is 206 Å². The lowest BCUT2D eigenvalue weighted by Gasteiger charge is -2.24. The van der Waals surface area contributed by atoms with Gasteiger partial charge in [-0.25, -0.2) is 4.79 Å². The second-order valence-electron chi connectivity index (χ2n) is 7.36. The molecule has 0 spiro atoms. The summed E-state index contributed by atoms with van der Waals surface area (Å²) in [6.45, 7) is 0.127. The number of nitrogens with zero attached hydrogens (tertiary/aromatic N) is 1. The van der Waals surface area contributed by atoms with E-state index in [-0.39, 0.29) is 43.9 Å². The number of aliphatic imine (C=N–C) groups is 1. The van der Waals surface area contributed by atoms with Gasteiger partial charge in [0.15, 0.2) is 5.96 Å². The quantitative estimate of drug-likeness (QED) is 0.0377. The molecule has 4 unspecified atom stereocenters. The summed E-state index contributed by atoms with van der Waals surface area (Å²) in [5.74, 6) is -6.73. The molecule has 0 radical (unpaired) electrons. The number of rotatable bonds is 17. The Kier molecular flexibility index (Phi) is 14.4. The lowest BCUT2D eigenvalue weighted by atomic mass is 10.1. The van der Waals surface area contributed by atoms with E-state index in [1.54, 1.807) is 0 Å². The zero-order valence-electron chi connectivity index (χ0n) is 18.8. The summed E-state index contributed by atoms with van der Waals surface area (Å²) < 4.78 is 0. The topological polar surface area (TPSA) is 295 Å². The summed E-state index contributed by atoms with van der Waals surface area (Å²) >= 11 is 3.96. The monoisotopic (exact) mass is 520 g/mol. The van der Waals surface area contributed by atoms with Gasteiger partial charge in [0.25, 0.3) is 0 Å². The Morgan fingerprint density at radius 1 is 0.829 bits per heavy atom. The number of carbonyl (C=O) groups excluding carboxylic acids is 4. The fraction of sp³-hybridized carbons (Fsp3) is 0.611. The Hall–Kier alpha value is -3.60. The number of nitrogens with one attached hydrogen (secondary N) is 3. The summed E-state index contributed by atoms with van der Waals surface area (Å²) in [5.41, 5.74) is 21.3. The van der Waals surface area contributed by atoms with E-state index in [2.05, 4.69) is 28.3 Å². The largest absolute Gasteiger partial charge is 0.481 e. The van der Waals surface area contributed by atoms with E-state index >= 15 is 0 Å². The van der Waals surface area contributed by atoms with Crippen LogP contribution in [0.2, 0.25) is 0 Å². The SMILES string of the molecule is NC(=O)CCC(N)C(=O)NC(CCCN=C(N)N)C(=O)NC(CS)C(=O)NC(CC(=O)O)C(=O)O. The van der Waals surface area contributed by atoms with Crippen molar-refractivity contribution in [3.63, 3.8) is 0 Å². The highest BCUT2D eigenvalue weighted by molar-refractivity contribution is 7.80. The number of carboxylic acids is 2. The van der Waals surface area contributed by atoms with Gasteiger partial charge in [0.1, 0.15) is 18.1 Å². The molecule has 0 aromatic carbocycles. The van der Waals surface area contributed by atoms with E-state index in [9.17, 15) is 28.8 Å². The first-order valence-corrected chi connectivity index (χ1v) is 11.0. The Morgan fingerprint density at radius 2 is 1.37 bits per heavy atom. The average Bonchev–Trinajstić information content (AvgIpc) is 2.76. The third kappa shape index (κ3) is 13.6. The molecule has 0 aliphatic carbocycles. The van der Waals surface area contributed by atoms with Crippen molar-refractivity contribution in [1.29, 1.82) is 0 Å². The predicted octanol–water partition coefficient (Wildman–Crippen LogP) is -4.42. The number of carbonyl (C=O) groups is 6. The van der Waals surface area contributed by atoms with Crippen LogP contribution in [0.25, 0.3) is 0 Å². The molecule has 0 fully saturated rings. The zero-order valence-corrected chi connectivity index (χ0v) is 19.7. The van der Waals surface area contributed by atoms with E-state index in [0.717, 1.165) is 0 Å². The molecule has 0 aromatic rings. The van der Waals surface area contributed by atoms with E-state index in [1.807, 2.05) is 5.32 Å². The number of carboxylic acid groups (broad SMARTS) is 2. The highest BCUT2D eigenvalue weighted by atomic mass is 32.1. The van der Waals surface area contributed by atoms with Crippen LogP contribution in [-0.4, -0.2) is 88.2 Å². The van der Waals surface area contributed by atoms with Gasteiger partial charge in [0, 0.05) is 18.7 Å². The molecule has 0 aromatic heterocycles. The van der Waals surface area contributed by atoms with Crippen LogP contribution in [0.3, 0.4) is 0 Å². The normalized spacial score (nSPS) is 13.9. The van der Waals surface area contributed by atoms with Gasteiger partial charge in [-0.3, -0.25) is 29.0 Å². The summed E-state index contributed by atoms with van der Waals surface area (Å²) in [5, 5.41) is 24.6. The van der Waals surface area contributed by atoms with Crippen LogP contribution < -0.4 is 38.9 Å². The van der Waals surface area contributed by atoms with Crippen LogP contribution >= 0.6 is 12.6 Å². The summed E-state index contributed by atoms with van der Waals surface area (Å²) in [4.78, 5) is 74.3. The molecular formula is C18H32N8O8S. The minimum Gasteiger partial charge on any atom is -0.481 e. The third-order valence-electron chi connectivity index (χ3n) is 4.43. The number of guanidine groups is 1. The van der Waals surface area contributed by atoms with Gasteiger partial charge in [-0.05, 0) is 19.3 Å². The first kappa shape index (κ1) is 31.4. The molecule has 13 N–H and O–H groups in total. The molecule has 0 saturated heterocycles. The number of nitrogens with two attached hydrogens (primary N) is 4. The lowest BCUT2D eigenvalue weighted by Crippen LogP contribution is -2.57. The van der Waals surface area contributed by atoms with Crippen LogP contribution in [0.15, 0.2) is 4.99 Å². The van der Waals surface area contributed by atoms with Gasteiger partial charge in [0.05, 0.1) is 12.5 Å². The first-order chi connectivity index (χ1) is 16.3. The minimum atomic E-state index is -1.74. The number of hydrogen-bond donors (Lipinski definition) is 10. The number of amides is 4. The number of thiol groups is 1. The maximum Gasteiger partial charge on any atom is 0.326 e. The third-order valence-corrected chi connectivity index (χ3v) is 4.79. The Morgan fingerprint density at radius 3 is 1.86 bits per heavy atom. The van der Waals surface area contributed by atoms with Crippen molar-refractivity contribution in [2.24, 2.45) is 27.9 Å². The molecule has 0 saturated carbocycles. The smallest absolute Gasteiger partial charge is 0.326 e. The molecular weight excluding hydrogens is 488 g/mol. The molecule has 0 bridgehead atoms. The van der Waals surface area contributed by atoms with Crippen molar-refractivity contribution >= 4 is 54.2 Å². The average molecular weight is 521 g/mol. The molecule has 198 valence electrons. The molecule has 0 aliphatic rings. The molecule has 16 nitrogen and oxygen atoms in total. The predicted molar refractivity (Wildman–Crippen MR) is 126 cm³/mol. The number of hydrogen-bond acceptors (Lipinski definition) is 9. The molecule has 0 heterocycles. The van der Waals surface area contributed by atoms with Crippen LogP contribution in [0.5, 0.6) is 0 Å². The highest BCUT2D eigenvalue weighted by Gasteiger charge is 2.30. The maximum absolute atomic E-state index is 12.8. The van der Waals surface area contributed by atoms with Crippen LogP contribution in [0.1, 0.15) is 32.1 Å². The van der Waals surface area contributed by atoms with Gasteiger partial charge >= 0.3 is 11.9 Å². The van der Waals surface area contributed by atoms with Gasteiger partial charge in [-0.2, -0.15) is 12.6 Å². The van der Waals surface area contributed by atoms with Gasteiger partial charge < -0.3 is 49.1 Å². The standard InChI is InChI=1S/C18H32N8O8S/c19-8(3-4-12(20)27)14(30)24-9(2-1-5-23-18(21)22)15(31)26-11(7-35)16(32)25-10(17(33)34)6-13(28)29/h8-11,35H,1-7,19H2,(H2,20,27)(H,24,30)(H,25,32)(H,26,31)(H,28,29)(H,33,34)(H4,21,22,23). The minimum absolute atomic E-state index is 0.0224. The molecule has 4 amide bonds. The summed E-state index contributed by atoms with van der Waals surface area (Å²) in [7, 11) is 0. The second kappa shape index (κ2) is 16.1. The highest BCUT2D eigenvalue weighted by Crippen LogP contribution is 2.04. The van der Waals surface area contributed by atoms with Gasteiger partial charge in [0.2, 0.25) is 23.6 Å². The van der Waals surface area contributed by atoms with Crippen molar-refractivity contribution in [3.8, 4) is 0 Å². The van der Waals surface area contributed by atoms with Crippen LogP contribution in [0.4, 0.5) is 0 Å². The van der Waals surface area contributed by atoms with Crippen LogP contribution in [0, 0.1) is 0 Å². The van der Waals surface area contributed by atoms with E-state index < -0.39 is 66.2 Å². The van der Waals surface area contributed by atoms with Gasteiger partial charge in [-0.1, -0.05) is 0 Å². The van der Waals surface area contributed by atoms with E-state index in [4.69, 9.17) is 33.1 Å². The Bertz CT molecular complexity index is 820. The maximum atomic E-state index is 12.8. The molecule has 0 rings (SSSR count). The summed E-state index contributed by atoms with van der Waals surface area (Å²) in [6.07, 6.45) is -0.843. The molecule has 0 aliphatic heterocycles. The fourth-order valence-corrected chi connectivity index (χ4v) is 2.85. The van der Waals surface area contributed by atoms with Crippen molar-refractivity contribution in [2.75, 3.05) is 12.3 Å². The molecule has 17 heteroatoms. The van der Waals surface area contributed by atoms with Crippen molar-refractivity contribution in [2.45, 2.75) is 56.3 Å². The number of primary amides is 1. The molecule has 4 atom stereocenters. The van der Waals surface area contributed by atoms with E-state index in [0.29, 0.717) is 0 Å². The van der Waals surface area contributed by atoms with Crippen molar-refractivity contribution in [3.05, 3.63) is 0 Å². The summed E-state index contributed by atoms with van der Waals surface area (Å²) in [6, 6.07) is -5.45.